The van der Waals surface area contributed by atoms with Crippen molar-refractivity contribution in [1.29, 1.82) is 0 Å². The van der Waals surface area contributed by atoms with Crippen molar-refractivity contribution in [3.63, 3.8) is 0 Å². The topological polar surface area (TPSA) is 59.5 Å². The van der Waals surface area contributed by atoms with Crippen molar-refractivity contribution < 1.29 is 13.2 Å². The van der Waals surface area contributed by atoms with Gasteiger partial charge in [-0.25, -0.2) is 8.42 Å². The molecule has 8 heteroatoms. The smallest absolute Gasteiger partial charge is 0.243 e. The van der Waals surface area contributed by atoms with Crippen LogP contribution in [0.1, 0.15) is 18.4 Å². The highest BCUT2D eigenvalue weighted by atomic mass is 35.5. The molecule has 1 aromatic carbocycles. The summed E-state index contributed by atoms with van der Waals surface area (Å²) in [6, 6.07) is 6.60. The van der Waals surface area contributed by atoms with Gasteiger partial charge in [0.2, 0.25) is 10.0 Å². The van der Waals surface area contributed by atoms with Crippen LogP contribution in [0, 0.1) is 6.92 Å². The summed E-state index contributed by atoms with van der Waals surface area (Å²) in [7, 11) is -3.63. The summed E-state index contributed by atoms with van der Waals surface area (Å²) >= 11 is 12.2. The van der Waals surface area contributed by atoms with E-state index in [4.69, 9.17) is 27.9 Å². The molecule has 1 aromatic heterocycles. The fourth-order valence-corrected chi connectivity index (χ4v) is 5.02. The number of sulfonamides is 1. The molecule has 5 nitrogen and oxygen atoms in total. The van der Waals surface area contributed by atoms with Crippen LogP contribution in [0.5, 0.6) is 5.75 Å². The second-order valence-corrected chi connectivity index (χ2v) is 8.63. The van der Waals surface area contributed by atoms with Gasteiger partial charge in [-0.05, 0) is 37.5 Å². The molecule has 0 aliphatic carbocycles. The molecule has 2 heterocycles. The lowest BCUT2D eigenvalue weighted by molar-refractivity contribution is 0.130. The molecule has 1 aliphatic rings. The SMILES string of the molecule is Cc1c(Cl)cccc1S(=O)(=O)N1CCCC(Oc2ccncc2Cl)C1. The van der Waals surface area contributed by atoms with Gasteiger partial charge in [-0.2, -0.15) is 4.31 Å². The van der Waals surface area contributed by atoms with E-state index in [0.717, 1.165) is 6.42 Å². The third-order valence-electron chi connectivity index (χ3n) is 4.21. The summed E-state index contributed by atoms with van der Waals surface area (Å²) in [5, 5.41) is 0.850. The minimum Gasteiger partial charge on any atom is -0.487 e. The molecular formula is C17H18Cl2N2O3S. The molecule has 0 N–H and O–H groups in total. The van der Waals surface area contributed by atoms with Crippen molar-refractivity contribution in [3.05, 3.63) is 52.3 Å². The maximum absolute atomic E-state index is 13.0. The predicted molar refractivity (Wildman–Crippen MR) is 97.8 cm³/mol. The van der Waals surface area contributed by atoms with Gasteiger partial charge in [0.25, 0.3) is 0 Å². The van der Waals surface area contributed by atoms with Crippen LogP contribution < -0.4 is 4.74 Å². The Balaban J connectivity index is 1.81. The van der Waals surface area contributed by atoms with Crippen LogP contribution in [0.25, 0.3) is 0 Å². The minimum atomic E-state index is -3.63. The molecule has 1 unspecified atom stereocenters. The van der Waals surface area contributed by atoms with Crippen molar-refractivity contribution in [1.82, 2.24) is 9.29 Å². The molecular weight excluding hydrogens is 383 g/mol. The van der Waals surface area contributed by atoms with Crippen molar-refractivity contribution in [2.45, 2.75) is 30.8 Å². The summed E-state index contributed by atoms with van der Waals surface area (Å²) in [6.45, 7) is 2.44. The Kier molecular flexibility index (Phi) is 5.53. The van der Waals surface area contributed by atoms with Crippen molar-refractivity contribution >= 4 is 33.2 Å². The monoisotopic (exact) mass is 400 g/mol. The average Bonchev–Trinajstić information content (AvgIpc) is 2.59. The Morgan fingerprint density at radius 1 is 1.24 bits per heavy atom. The van der Waals surface area contributed by atoms with Gasteiger partial charge < -0.3 is 4.74 Å². The lowest BCUT2D eigenvalue weighted by atomic mass is 10.1. The molecule has 134 valence electrons. The van der Waals surface area contributed by atoms with E-state index in [9.17, 15) is 8.42 Å². The van der Waals surface area contributed by atoms with E-state index in [-0.39, 0.29) is 17.5 Å². The lowest BCUT2D eigenvalue weighted by Crippen LogP contribution is -2.44. The molecule has 1 aliphatic heterocycles. The second-order valence-electron chi connectivity index (χ2n) is 5.91. The van der Waals surface area contributed by atoms with Gasteiger partial charge in [0.05, 0.1) is 11.4 Å². The number of aromatic nitrogens is 1. The Labute approximate surface area is 157 Å². The van der Waals surface area contributed by atoms with E-state index in [1.165, 1.54) is 10.5 Å². The fourth-order valence-electron chi connectivity index (χ4n) is 2.86. The van der Waals surface area contributed by atoms with E-state index in [1.54, 1.807) is 37.4 Å². The number of hydrogen-bond acceptors (Lipinski definition) is 4. The van der Waals surface area contributed by atoms with E-state index >= 15 is 0 Å². The van der Waals surface area contributed by atoms with Crippen molar-refractivity contribution in [2.75, 3.05) is 13.1 Å². The maximum Gasteiger partial charge on any atom is 0.243 e. The summed E-state index contributed by atoms with van der Waals surface area (Å²) < 4.78 is 33.4. The van der Waals surface area contributed by atoms with Crippen LogP contribution in [0.3, 0.4) is 0 Å². The number of hydrogen-bond donors (Lipinski definition) is 0. The first-order chi connectivity index (χ1) is 11.9. The minimum absolute atomic E-state index is 0.239. The molecule has 0 amide bonds. The van der Waals surface area contributed by atoms with Crippen LogP contribution in [0.2, 0.25) is 10.0 Å². The zero-order valence-electron chi connectivity index (χ0n) is 13.7. The first kappa shape index (κ1) is 18.5. The standard InChI is InChI=1S/C17H18Cl2N2O3S/c1-12-14(18)5-2-6-17(12)25(22,23)21-9-3-4-13(11-21)24-16-7-8-20-10-15(16)19/h2,5-8,10,13H,3-4,9,11H2,1H3. The van der Waals surface area contributed by atoms with E-state index in [2.05, 4.69) is 4.98 Å². The van der Waals surface area contributed by atoms with E-state index in [0.29, 0.717) is 34.3 Å². The summed E-state index contributed by atoms with van der Waals surface area (Å²) in [6.07, 6.45) is 4.31. The molecule has 1 atom stereocenters. The molecule has 0 bridgehead atoms. The molecule has 0 radical (unpaired) electrons. The highest BCUT2D eigenvalue weighted by molar-refractivity contribution is 7.89. The summed E-state index contributed by atoms with van der Waals surface area (Å²) in [5.74, 6) is 0.514. The Bertz CT molecular complexity index is 874. The van der Waals surface area contributed by atoms with Gasteiger partial charge in [-0.3, -0.25) is 4.98 Å². The highest BCUT2D eigenvalue weighted by Crippen LogP contribution is 2.30. The van der Waals surface area contributed by atoms with Gasteiger partial charge in [-0.15, -0.1) is 0 Å². The highest BCUT2D eigenvalue weighted by Gasteiger charge is 2.32. The largest absolute Gasteiger partial charge is 0.487 e. The zero-order valence-corrected chi connectivity index (χ0v) is 16.0. The molecule has 3 rings (SSSR count). The van der Waals surface area contributed by atoms with Crippen LogP contribution in [0.15, 0.2) is 41.6 Å². The quantitative estimate of drug-likeness (QED) is 0.779. The molecule has 0 saturated carbocycles. The zero-order chi connectivity index (χ0) is 18.0. The first-order valence-corrected chi connectivity index (χ1v) is 10.1. The number of benzene rings is 1. The van der Waals surface area contributed by atoms with Gasteiger partial charge >= 0.3 is 0 Å². The van der Waals surface area contributed by atoms with Crippen LogP contribution >= 0.6 is 23.2 Å². The van der Waals surface area contributed by atoms with Crippen LogP contribution in [-0.4, -0.2) is 36.9 Å². The molecule has 2 aromatic rings. The number of nitrogens with zero attached hydrogens (tertiary/aromatic N) is 2. The third kappa shape index (κ3) is 3.92. The number of rotatable bonds is 4. The van der Waals surface area contributed by atoms with Gasteiger partial charge in [0.1, 0.15) is 16.9 Å². The van der Waals surface area contributed by atoms with Crippen LogP contribution in [0.4, 0.5) is 0 Å². The number of halogens is 2. The van der Waals surface area contributed by atoms with Gasteiger partial charge in [-0.1, -0.05) is 29.3 Å². The van der Waals surface area contributed by atoms with E-state index < -0.39 is 10.0 Å². The molecule has 1 saturated heterocycles. The second kappa shape index (κ2) is 7.50. The molecule has 0 spiro atoms. The first-order valence-electron chi connectivity index (χ1n) is 7.91. The van der Waals surface area contributed by atoms with Crippen molar-refractivity contribution in [3.8, 4) is 5.75 Å². The molecule has 25 heavy (non-hydrogen) atoms. The maximum atomic E-state index is 13.0. The molecule has 1 fully saturated rings. The predicted octanol–water partition coefficient (Wildman–Crippen LogP) is 3.93. The van der Waals surface area contributed by atoms with E-state index in [1.807, 2.05) is 0 Å². The number of piperidine rings is 1. The average molecular weight is 401 g/mol. The Hall–Kier alpha value is -1.34. The van der Waals surface area contributed by atoms with Gasteiger partial charge in [0.15, 0.2) is 0 Å². The Morgan fingerprint density at radius 2 is 2.04 bits per heavy atom. The van der Waals surface area contributed by atoms with Crippen molar-refractivity contribution in [2.24, 2.45) is 0 Å². The lowest BCUT2D eigenvalue weighted by Gasteiger charge is -2.32. The Morgan fingerprint density at radius 3 is 2.80 bits per heavy atom. The fraction of sp³-hybridized carbons (Fsp3) is 0.353. The summed E-state index contributed by atoms with van der Waals surface area (Å²) in [4.78, 5) is 4.16. The van der Waals surface area contributed by atoms with Crippen LogP contribution in [-0.2, 0) is 10.0 Å². The summed E-state index contributed by atoms with van der Waals surface area (Å²) in [5.41, 5.74) is 0.560. The number of ether oxygens (including phenoxy) is 1. The number of pyridine rings is 1. The normalized spacial score (nSPS) is 18.9. The van der Waals surface area contributed by atoms with Gasteiger partial charge in [0, 0.05) is 30.0 Å². The third-order valence-corrected chi connectivity index (χ3v) is 6.91.